The number of rotatable bonds is 6. The van der Waals surface area contributed by atoms with Gasteiger partial charge in [0.05, 0.1) is 13.7 Å². The Morgan fingerprint density at radius 2 is 1.83 bits per heavy atom. The smallest absolute Gasteiger partial charge is 0.354 e. The highest BCUT2D eigenvalue weighted by atomic mass is 16.5. The van der Waals surface area contributed by atoms with E-state index in [1.807, 2.05) is 13.8 Å². The number of ketones is 1. The molecule has 6 heteroatoms. The summed E-state index contributed by atoms with van der Waals surface area (Å²) in [5.74, 6) is -0.724. The van der Waals surface area contributed by atoms with Gasteiger partial charge in [-0.1, -0.05) is 13.8 Å². The Kier molecular flexibility index (Phi) is 5.16. The first-order valence-electron chi connectivity index (χ1n) is 8.28. The lowest BCUT2D eigenvalue weighted by atomic mass is 10.0. The van der Waals surface area contributed by atoms with Crippen molar-refractivity contribution in [1.29, 1.82) is 0 Å². The summed E-state index contributed by atoms with van der Waals surface area (Å²) in [6, 6.07) is 0.174. The Balaban J connectivity index is 2.33. The Bertz CT molecular complexity index is 684. The monoisotopic (exact) mass is 334 g/mol. The van der Waals surface area contributed by atoms with Gasteiger partial charge in [0.15, 0.2) is 5.78 Å². The number of carbonyl (C=O) groups excluding carboxylic acids is 3. The number of hydrogen-bond acceptors (Lipinski definition) is 4. The maximum absolute atomic E-state index is 12.9. The number of Topliss-reactive ketones (excluding diaryl/α,β-unsaturated/α-hetero) is 1. The average molecular weight is 334 g/mol. The van der Waals surface area contributed by atoms with E-state index in [1.165, 1.54) is 7.11 Å². The van der Waals surface area contributed by atoms with Crippen LogP contribution in [0.1, 0.15) is 58.8 Å². The third-order valence-electron chi connectivity index (χ3n) is 4.67. The highest BCUT2D eigenvalue weighted by Gasteiger charge is 2.36. The van der Waals surface area contributed by atoms with Crippen LogP contribution in [0.25, 0.3) is 0 Å². The number of amides is 1. The largest absolute Gasteiger partial charge is 0.464 e. The summed E-state index contributed by atoms with van der Waals surface area (Å²) in [6.07, 6.45) is 1.90. The second-order valence-corrected chi connectivity index (χ2v) is 6.76. The fourth-order valence-electron chi connectivity index (χ4n) is 3.11. The van der Waals surface area contributed by atoms with E-state index in [4.69, 9.17) is 4.74 Å². The Labute approximate surface area is 142 Å². The van der Waals surface area contributed by atoms with Crippen LogP contribution in [0.4, 0.5) is 0 Å². The topological polar surface area (TPSA) is 68.6 Å². The van der Waals surface area contributed by atoms with Gasteiger partial charge in [-0.25, -0.2) is 4.79 Å². The lowest BCUT2D eigenvalue weighted by Crippen LogP contribution is -2.40. The van der Waals surface area contributed by atoms with Crippen molar-refractivity contribution in [2.45, 2.75) is 46.6 Å². The minimum Gasteiger partial charge on any atom is -0.464 e. The Morgan fingerprint density at radius 1 is 1.25 bits per heavy atom. The summed E-state index contributed by atoms with van der Waals surface area (Å²) in [5.41, 5.74) is 2.22. The zero-order chi connectivity index (χ0) is 18.2. The molecule has 0 unspecified atom stereocenters. The van der Waals surface area contributed by atoms with Crippen LogP contribution in [0.15, 0.2) is 0 Å². The molecule has 132 valence electrons. The molecule has 2 rings (SSSR count). The summed E-state index contributed by atoms with van der Waals surface area (Å²) in [4.78, 5) is 38.9. The van der Waals surface area contributed by atoms with Crippen molar-refractivity contribution < 1.29 is 19.1 Å². The summed E-state index contributed by atoms with van der Waals surface area (Å²) in [7, 11) is 3.06. The van der Waals surface area contributed by atoms with Gasteiger partial charge in [0.2, 0.25) is 5.91 Å². The van der Waals surface area contributed by atoms with Crippen molar-refractivity contribution >= 4 is 17.7 Å². The molecule has 0 radical (unpaired) electrons. The van der Waals surface area contributed by atoms with E-state index in [1.54, 1.807) is 30.4 Å². The zero-order valence-corrected chi connectivity index (χ0v) is 15.3. The lowest BCUT2D eigenvalue weighted by Gasteiger charge is -2.23. The number of nitrogens with zero attached hydrogens (tertiary/aromatic N) is 2. The first-order valence-corrected chi connectivity index (χ1v) is 8.28. The number of ether oxygens (including phenoxy) is 1. The summed E-state index contributed by atoms with van der Waals surface area (Å²) in [6.45, 7) is 7.30. The summed E-state index contributed by atoms with van der Waals surface area (Å²) in [5, 5.41) is 0. The number of methoxy groups -OCH3 is 1. The molecule has 1 aromatic heterocycles. The third kappa shape index (κ3) is 3.23. The fourth-order valence-corrected chi connectivity index (χ4v) is 3.11. The van der Waals surface area contributed by atoms with E-state index in [0.29, 0.717) is 22.5 Å². The number of esters is 1. The molecule has 1 saturated carbocycles. The molecule has 1 aliphatic carbocycles. The van der Waals surface area contributed by atoms with Gasteiger partial charge in [0, 0.05) is 30.3 Å². The fraction of sp³-hybridized carbons (Fsp3) is 0.611. The molecule has 0 saturated heterocycles. The number of aromatic nitrogens is 1. The van der Waals surface area contributed by atoms with Crippen LogP contribution in [0.5, 0.6) is 0 Å². The van der Waals surface area contributed by atoms with Crippen molar-refractivity contribution in [1.82, 2.24) is 9.47 Å². The molecule has 1 heterocycles. The molecule has 6 nitrogen and oxygen atoms in total. The van der Waals surface area contributed by atoms with Crippen LogP contribution >= 0.6 is 0 Å². The molecule has 0 aliphatic heterocycles. The van der Waals surface area contributed by atoms with E-state index >= 15 is 0 Å². The molecule has 1 amide bonds. The maximum Gasteiger partial charge on any atom is 0.354 e. The molecular weight excluding hydrogens is 308 g/mol. The second kappa shape index (κ2) is 6.79. The van der Waals surface area contributed by atoms with Crippen molar-refractivity contribution in [3.8, 4) is 0 Å². The van der Waals surface area contributed by atoms with E-state index in [-0.39, 0.29) is 30.2 Å². The zero-order valence-electron chi connectivity index (χ0n) is 15.3. The molecule has 0 atom stereocenters. The highest BCUT2D eigenvalue weighted by molar-refractivity contribution is 6.04. The first kappa shape index (κ1) is 18.2. The predicted octanol–water partition coefficient (Wildman–Crippen LogP) is 2.26. The SMILES string of the molecule is COC(=O)c1c(C)c(C(=O)CN(C(=O)C(C)C)C2CC2)c(C)n1C. The van der Waals surface area contributed by atoms with E-state index in [9.17, 15) is 14.4 Å². The Morgan fingerprint density at radius 3 is 2.29 bits per heavy atom. The Hall–Kier alpha value is -2.11. The minimum absolute atomic E-state index is 0.00489. The van der Waals surface area contributed by atoms with Crippen LogP contribution in [0.2, 0.25) is 0 Å². The molecule has 0 N–H and O–H groups in total. The third-order valence-corrected chi connectivity index (χ3v) is 4.67. The standard InChI is InChI=1S/C18H26N2O4/c1-10(2)17(22)20(13-7-8-13)9-14(21)15-11(3)16(18(23)24-6)19(5)12(15)4/h10,13H,7-9H2,1-6H3. The quantitative estimate of drug-likeness (QED) is 0.591. The van der Waals surface area contributed by atoms with Crippen molar-refractivity contribution in [2.75, 3.05) is 13.7 Å². The molecule has 0 spiro atoms. The molecule has 24 heavy (non-hydrogen) atoms. The van der Waals surface area contributed by atoms with Gasteiger partial charge < -0.3 is 14.2 Å². The molecule has 0 bridgehead atoms. The van der Waals surface area contributed by atoms with Crippen molar-refractivity contribution in [3.05, 3.63) is 22.5 Å². The van der Waals surface area contributed by atoms with Gasteiger partial charge in [-0.15, -0.1) is 0 Å². The van der Waals surface area contributed by atoms with E-state index in [0.717, 1.165) is 12.8 Å². The molecule has 1 fully saturated rings. The van der Waals surface area contributed by atoms with Gasteiger partial charge in [0.25, 0.3) is 0 Å². The van der Waals surface area contributed by atoms with Gasteiger partial charge in [-0.2, -0.15) is 0 Å². The molecule has 0 aromatic carbocycles. The number of carbonyl (C=O) groups is 3. The lowest BCUT2D eigenvalue weighted by molar-refractivity contribution is -0.134. The molecular formula is C18H26N2O4. The van der Waals surface area contributed by atoms with Gasteiger partial charge in [0.1, 0.15) is 5.69 Å². The van der Waals surface area contributed by atoms with Gasteiger partial charge >= 0.3 is 5.97 Å². The average Bonchev–Trinajstić information content (AvgIpc) is 3.33. The van der Waals surface area contributed by atoms with Crippen LogP contribution < -0.4 is 0 Å². The predicted molar refractivity (Wildman–Crippen MR) is 90.1 cm³/mol. The minimum atomic E-state index is -0.463. The van der Waals surface area contributed by atoms with Crippen molar-refractivity contribution in [2.24, 2.45) is 13.0 Å². The van der Waals surface area contributed by atoms with Crippen LogP contribution in [0, 0.1) is 19.8 Å². The van der Waals surface area contributed by atoms with E-state index in [2.05, 4.69) is 0 Å². The maximum atomic E-state index is 12.9. The van der Waals surface area contributed by atoms with Crippen LogP contribution in [-0.2, 0) is 16.6 Å². The van der Waals surface area contributed by atoms with Crippen molar-refractivity contribution in [3.63, 3.8) is 0 Å². The molecule has 1 aromatic rings. The summed E-state index contributed by atoms with van der Waals surface area (Å²) < 4.78 is 6.49. The number of hydrogen-bond donors (Lipinski definition) is 0. The highest BCUT2D eigenvalue weighted by Crippen LogP contribution is 2.29. The van der Waals surface area contributed by atoms with Crippen LogP contribution in [-0.4, -0.2) is 46.8 Å². The second-order valence-electron chi connectivity index (χ2n) is 6.76. The van der Waals surface area contributed by atoms with Gasteiger partial charge in [-0.05, 0) is 32.3 Å². The normalized spacial score (nSPS) is 14.0. The molecule has 1 aliphatic rings. The first-order chi connectivity index (χ1) is 11.2. The van der Waals surface area contributed by atoms with E-state index < -0.39 is 5.97 Å². The van der Waals surface area contributed by atoms with Crippen LogP contribution in [0.3, 0.4) is 0 Å². The van der Waals surface area contributed by atoms with Gasteiger partial charge in [-0.3, -0.25) is 9.59 Å². The summed E-state index contributed by atoms with van der Waals surface area (Å²) >= 11 is 0.